The first-order valence-electron chi connectivity index (χ1n) is 8.87. The highest BCUT2D eigenvalue weighted by Gasteiger charge is 2.15. The predicted octanol–water partition coefficient (Wildman–Crippen LogP) is 6.16. The minimum Gasteiger partial charge on any atom is -0.507 e. The summed E-state index contributed by atoms with van der Waals surface area (Å²) in [6.07, 6.45) is 3.23. The lowest BCUT2D eigenvalue weighted by molar-refractivity contribution is 0.101. The van der Waals surface area contributed by atoms with Crippen LogP contribution in [0.15, 0.2) is 90.6 Å². The maximum atomic E-state index is 12.2. The maximum Gasteiger partial charge on any atom is 0.160 e. The Morgan fingerprint density at radius 2 is 1.71 bits per heavy atom. The zero-order valence-electron chi connectivity index (χ0n) is 15.7. The number of hydrogen-bond donors (Lipinski definition) is 1. The van der Waals surface area contributed by atoms with Crippen LogP contribution < -0.4 is 0 Å². The number of ketones is 1. The van der Waals surface area contributed by atoms with Gasteiger partial charge >= 0.3 is 0 Å². The number of Topliss-reactive ketones (excluding diaryl/α,β-unsaturated/α-hetero) is 1. The van der Waals surface area contributed by atoms with E-state index >= 15 is 0 Å². The third-order valence-corrected chi connectivity index (χ3v) is 4.58. The number of nitrogens with zero attached hydrogens (tertiary/aromatic N) is 1. The van der Waals surface area contributed by atoms with Crippen LogP contribution in [0.2, 0.25) is 0 Å². The van der Waals surface area contributed by atoms with E-state index in [1.165, 1.54) is 6.92 Å². The van der Waals surface area contributed by atoms with Crippen LogP contribution in [-0.4, -0.2) is 17.6 Å². The molecule has 0 spiro atoms. The van der Waals surface area contributed by atoms with Crippen molar-refractivity contribution in [2.75, 3.05) is 0 Å². The second kappa shape index (κ2) is 8.31. The van der Waals surface area contributed by atoms with Crippen LogP contribution in [0.5, 0.6) is 5.75 Å². The lowest BCUT2D eigenvalue weighted by Crippen LogP contribution is -1.97. The highest BCUT2D eigenvalue weighted by Crippen LogP contribution is 2.36. The Morgan fingerprint density at radius 3 is 2.32 bits per heavy atom. The zero-order valence-corrected chi connectivity index (χ0v) is 15.7. The third-order valence-electron chi connectivity index (χ3n) is 4.58. The average molecular weight is 367 g/mol. The molecule has 0 amide bonds. The van der Waals surface area contributed by atoms with Crippen molar-refractivity contribution in [1.29, 1.82) is 0 Å². The predicted molar refractivity (Wildman–Crippen MR) is 117 cm³/mol. The van der Waals surface area contributed by atoms with Crippen LogP contribution in [0, 0.1) is 0 Å². The summed E-state index contributed by atoms with van der Waals surface area (Å²) >= 11 is 0. The van der Waals surface area contributed by atoms with Crippen LogP contribution in [0.25, 0.3) is 27.8 Å². The van der Waals surface area contributed by atoms with Gasteiger partial charge in [-0.25, -0.2) is 0 Å². The minimum absolute atomic E-state index is 0.0550. The number of carbonyl (C=O) groups excluding carboxylic acids is 1. The van der Waals surface area contributed by atoms with Crippen LogP contribution in [-0.2, 0) is 0 Å². The van der Waals surface area contributed by atoms with Crippen molar-refractivity contribution in [2.45, 2.75) is 6.92 Å². The van der Waals surface area contributed by atoms with Gasteiger partial charge in [0.2, 0.25) is 0 Å². The van der Waals surface area contributed by atoms with E-state index in [2.05, 4.69) is 18.3 Å². The molecule has 0 atom stereocenters. The summed E-state index contributed by atoms with van der Waals surface area (Å²) in [5.74, 6) is 0.0302. The van der Waals surface area contributed by atoms with Gasteiger partial charge in [-0.15, -0.1) is 0 Å². The monoisotopic (exact) mass is 367 g/mol. The lowest BCUT2D eigenvalue weighted by atomic mass is 9.91. The molecule has 0 aliphatic heterocycles. The lowest BCUT2D eigenvalue weighted by Gasteiger charge is -2.13. The van der Waals surface area contributed by atoms with Gasteiger partial charge in [-0.1, -0.05) is 67.3 Å². The van der Waals surface area contributed by atoms with Gasteiger partial charge in [0.05, 0.1) is 0 Å². The minimum atomic E-state index is -0.0550. The summed E-state index contributed by atoms with van der Waals surface area (Å²) in [7, 11) is 0. The first-order valence-corrected chi connectivity index (χ1v) is 8.87. The van der Waals surface area contributed by atoms with Crippen molar-refractivity contribution in [3.05, 3.63) is 96.7 Å². The molecule has 3 aromatic rings. The number of benzene rings is 3. The van der Waals surface area contributed by atoms with E-state index < -0.39 is 0 Å². The fourth-order valence-corrected chi connectivity index (χ4v) is 3.17. The SMILES string of the molecule is C=C/C(=C\N=C)c1ccc(-c2cc(-c3ccccc3)ccc2C(C)=O)c(O)c1. The summed E-state index contributed by atoms with van der Waals surface area (Å²) in [6, 6.07) is 20.9. The second-order valence-corrected chi connectivity index (χ2v) is 6.39. The average Bonchev–Trinajstić information content (AvgIpc) is 2.72. The van der Waals surface area contributed by atoms with E-state index in [9.17, 15) is 9.90 Å². The van der Waals surface area contributed by atoms with Crippen LogP contribution in [0.4, 0.5) is 0 Å². The first kappa shape index (κ1) is 19.1. The van der Waals surface area contributed by atoms with E-state index in [1.807, 2.05) is 60.7 Å². The molecule has 3 rings (SSSR count). The Morgan fingerprint density at radius 1 is 0.964 bits per heavy atom. The van der Waals surface area contributed by atoms with Crippen molar-refractivity contribution < 1.29 is 9.90 Å². The summed E-state index contributed by atoms with van der Waals surface area (Å²) in [4.78, 5) is 15.9. The summed E-state index contributed by atoms with van der Waals surface area (Å²) < 4.78 is 0. The molecule has 0 bridgehead atoms. The fraction of sp³-hybridized carbons (Fsp3) is 0.0400. The molecule has 0 radical (unpaired) electrons. The number of carbonyl (C=O) groups is 1. The molecule has 0 saturated carbocycles. The molecule has 0 aliphatic rings. The van der Waals surface area contributed by atoms with Crippen LogP contribution in [0.3, 0.4) is 0 Å². The van der Waals surface area contributed by atoms with Crippen molar-refractivity contribution in [3.63, 3.8) is 0 Å². The van der Waals surface area contributed by atoms with Gasteiger partial charge in [0.1, 0.15) is 5.75 Å². The van der Waals surface area contributed by atoms with E-state index in [1.54, 1.807) is 18.3 Å². The van der Waals surface area contributed by atoms with E-state index in [4.69, 9.17) is 0 Å². The van der Waals surface area contributed by atoms with Gasteiger partial charge in [-0.2, -0.15) is 0 Å². The molecule has 0 aliphatic carbocycles. The molecule has 0 aromatic heterocycles. The highest BCUT2D eigenvalue weighted by atomic mass is 16.3. The molecule has 0 heterocycles. The first-order chi connectivity index (χ1) is 13.5. The van der Waals surface area contributed by atoms with Crippen LogP contribution in [0.1, 0.15) is 22.8 Å². The Kier molecular flexibility index (Phi) is 5.66. The number of allylic oxidation sites excluding steroid dienone is 2. The van der Waals surface area contributed by atoms with Crippen molar-refractivity contribution in [3.8, 4) is 28.0 Å². The topological polar surface area (TPSA) is 49.7 Å². The normalized spacial score (nSPS) is 11.1. The molecule has 3 nitrogen and oxygen atoms in total. The molecule has 1 N–H and O–H groups in total. The zero-order chi connectivity index (χ0) is 20.1. The summed E-state index contributed by atoms with van der Waals surface area (Å²) in [5, 5.41) is 10.7. The van der Waals surface area contributed by atoms with E-state index in [0.29, 0.717) is 16.7 Å². The molecular formula is C25H21NO2. The molecule has 3 heteroatoms. The smallest absolute Gasteiger partial charge is 0.160 e. The number of phenols is 1. The third kappa shape index (κ3) is 3.84. The molecule has 0 saturated heterocycles. The number of aromatic hydroxyl groups is 1. The molecular weight excluding hydrogens is 346 g/mol. The van der Waals surface area contributed by atoms with Crippen molar-refractivity contribution in [2.24, 2.45) is 4.99 Å². The quantitative estimate of drug-likeness (QED) is 0.322. The number of aliphatic imine (C=N–C) groups is 1. The Balaban J connectivity index is 2.16. The van der Waals surface area contributed by atoms with Gasteiger partial charge in [0, 0.05) is 17.3 Å². The largest absolute Gasteiger partial charge is 0.507 e. The van der Waals surface area contributed by atoms with E-state index in [0.717, 1.165) is 22.3 Å². The number of hydrogen-bond acceptors (Lipinski definition) is 3. The number of rotatable bonds is 6. The fourth-order valence-electron chi connectivity index (χ4n) is 3.17. The Hall–Kier alpha value is -3.72. The highest BCUT2D eigenvalue weighted by molar-refractivity contribution is 6.02. The van der Waals surface area contributed by atoms with Crippen LogP contribution >= 0.6 is 0 Å². The van der Waals surface area contributed by atoms with Gasteiger partial charge < -0.3 is 5.11 Å². The number of phenolic OH excluding ortho intramolecular Hbond substituents is 1. The van der Waals surface area contributed by atoms with Gasteiger partial charge in [0.15, 0.2) is 5.78 Å². The summed E-state index contributed by atoms with van der Waals surface area (Å²) in [5.41, 5.74) is 5.41. The molecule has 28 heavy (non-hydrogen) atoms. The summed E-state index contributed by atoms with van der Waals surface area (Å²) in [6.45, 7) is 8.75. The van der Waals surface area contributed by atoms with Gasteiger partial charge in [0.25, 0.3) is 0 Å². The Labute approximate surface area is 165 Å². The Bertz CT molecular complexity index is 1080. The molecule has 138 valence electrons. The molecule has 3 aromatic carbocycles. The maximum absolute atomic E-state index is 12.2. The molecule has 0 unspecified atom stereocenters. The second-order valence-electron chi connectivity index (χ2n) is 6.39. The van der Waals surface area contributed by atoms with Crippen molar-refractivity contribution >= 4 is 18.1 Å². The standard InChI is InChI=1S/C25H21NO2/c1-4-18(16-26-3)21-11-13-23(25(28)15-21)24-14-20(10-12-22(24)17(2)27)19-8-6-5-7-9-19/h4-16,28H,1,3H2,2H3/b18-16+. The van der Waals surface area contributed by atoms with Crippen molar-refractivity contribution in [1.82, 2.24) is 0 Å². The van der Waals surface area contributed by atoms with E-state index in [-0.39, 0.29) is 11.5 Å². The van der Waals surface area contributed by atoms with Gasteiger partial charge in [-0.3, -0.25) is 9.79 Å². The molecule has 0 fully saturated rings. The van der Waals surface area contributed by atoms with Gasteiger partial charge in [-0.05, 0) is 53.6 Å².